The van der Waals surface area contributed by atoms with Gasteiger partial charge in [0.05, 0.1) is 17.0 Å². The molecule has 0 atom stereocenters. The van der Waals surface area contributed by atoms with E-state index in [9.17, 15) is 0 Å². The Morgan fingerprint density at radius 2 is 0.872 bits per heavy atom. The summed E-state index contributed by atoms with van der Waals surface area (Å²) >= 11 is 0. The first-order valence-electron chi connectivity index (χ1n) is 15.8. The molecule has 9 aromatic rings. The Kier molecular flexibility index (Phi) is 6.46. The molecule has 0 fully saturated rings. The molecule has 2 aromatic heterocycles. The number of furan rings is 1. The molecule has 9 rings (SSSR count). The highest BCUT2D eigenvalue weighted by atomic mass is 16.3. The van der Waals surface area contributed by atoms with Crippen LogP contribution in [0.5, 0.6) is 0 Å². The van der Waals surface area contributed by atoms with Gasteiger partial charge in [-0.3, -0.25) is 0 Å². The Morgan fingerprint density at radius 1 is 0.383 bits per heavy atom. The van der Waals surface area contributed by atoms with Crippen LogP contribution in [0.25, 0.3) is 88.9 Å². The van der Waals surface area contributed by atoms with E-state index in [2.05, 4.69) is 127 Å². The van der Waals surface area contributed by atoms with Gasteiger partial charge in [0.1, 0.15) is 11.2 Å². The minimum absolute atomic E-state index is 0.629. The van der Waals surface area contributed by atoms with Crippen molar-refractivity contribution in [1.82, 2.24) is 9.97 Å². The SMILES string of the molecule is c1ccc(-c2ccc(-c3ccc(-c4nc(-c5ccccc5)cc(-c5ccccc5)n4)c4oc5cc6ccccc6cc5c34)cc2)cc1. The summed E-state index contributed by atoms with van der Waals surface area (Å²) in [6.07, 6.45) is 0. The summed E-state index contributed by atoms with van der Waals surface area (Å²) in [4.78, 5) is 10.3. The summed E-state index contributed by atoms with van der Waals surface area (Å²) in [7, 11) is 0. The van der Waals surface area contributed by atoms with E-state index in [1.165, 1.54) is 16.5 Å². The lowest BCUT2D eigenvalue weighted by Gasteiger charge is -2.11. The van der Waals surface area contributed by atoms with E-state index in [1.807, 2.05) is 42.5 Å². The van der Waals surface area contributed by atoms with Crippen LogP contribution in [0.2, 0.25) is 0 Å². The highest BCUT2D eigenvalue weighted by Gasteiger charge is 2.21. The molecule has 0 aliphatic heterocycles. The second kappa shape index (κ2) is 11.2. The molecule has 0 amide bonds. The Bertz CT molecular complexity index is 2480. The molecule has 0 radical (unpaired) electrons. The molecule has 0 spiro atoms. The third-order valence-electron chi connectivity index (χ3n) is 8.90. The summed E-state index contributed by atoms with van der Waals surface area (Å²) in [5.41, 5.74) is 10.9. The first kappa shape index (κ1) is 27.0. The first-order chi connectivity index (χ1) is 23.3. The van der Waals surface area contributed by atoms with Crippen LogP contribution >= 0.6 is 0 Å². The van der Waals surface area contributed by atoms with Crippen LogP contribution in [0.4, 0.5) is 0 Å². The zero-order valence-corrected chi connectivity index (χ0v) is 25.5. The van der Waals surface area contributed by atoms with Crippen molar-refractivity contribution >= 4 is 32.7 Å². The number of rotatable bonds is 5. The molecule has 220 valence electrons. The van der Waals surface area contributed by atoms with Crippen LogP contribution < -0.4 is 0 Å². The topological polar surface area (TPSA) is 38.9 Å². The highest BCUT2D eigenvalue weighted by Crippen LogP contribution is 2.43. The second-order valence-corrected chi connectivity index (χ2v) is 11.8. The van der Waals surface area contributed by atoms with Gasteiger partial charge in [-0.25, -0.2) is 9.97 Å². The molecule has 7 aromatic carbocycles. The van der Waals surface area contributed by atoms with Gasteiger partial charge in [-0.05, 0) is 57.3 Å². The van der Waals surface area contributed by atoms with Crippen molar-refractivity contribution in [1.29, 1.82) is 0 Å². The van der Waals surface area contributed by atoms with Gasteiger partial charge in [0.2, 0.25) is 0 Å². The monoisotopic (exact) mass is 600 g/mol. The van der Waals surface area contributed by atoms with Crippen molar-refractivity contribution in [2.45, 2.75) is 0 Å². The molecule has 0 N–H and O–H groups in total. The van der Waals surface area contributed by atoms with Crippen LogP contribution in [0.1, 0.15) is 0 Å². The number of aromatic nitrogens is 2. The number of benzene rings is 7. The van der Waals surface area contributed by atoms with Crippen molar-refractivity contribution in [2.24, 2.45) is 0 Å². The Morgan fingerprint density at radius 3 is 1.49 bits per heavy atom. The van der Waals surface area contributed by atoms with E-state index < -0.39 is 0 Å². The largest absolute Gasteiger partial charge is 0.455 e. The van der Waals surface area contributed by atoms with E-state index in [-0.39, 0.29) is 0 Å². The van der Waals surface area contributed by atoms with Gasteiger partial charge in [0, 0.05) is 21.9 Å². The molecule has 3 nitrogen and oxygen atoms in total. The van der Waals surface area contributed by atoms with Crippen LogP contribution in [0.3, 0.4) is 0 Å². The molecule has 0 bridgehead atoms. The maximum atomic E-state index is 6.81. The maximum Gasteiger partial charge on any atom is 0.164 e. The van der Waals surface area contributed by atoms with Gasteiger partial charge in [-0.1, -0.05) is 146 Å². The normalized spacial score (nSPS) is 11.4. The van der Waals surface area contributed by atoms with Gasteiger partial charge in [-0.2, -0.15) is 0 Å². The number of hydrogen-bond donors (Lipinski definition) is 0. The molecule has 0 saturated carbocycles. The van der Waals surface area contributed by atoms with E-state index in [0.29, 0.717) is 5.82 Å². The molecular weight excluding hydrogens is 572 g/mol. The van der Waals surface area contributed by atoms with Crippen molar-refractivity contribution in [3.8, 4) is 56.2 Å². The Labute approximate surface area is 272 Å². The average Bonchev–Trinajstić information content (AvgIpc) is 3.53. The Hall–Kier alpha value is -6.32. The third kappa shape index (κ3) is 4.86. The summed E-state index contributed by atoms with van der Waals surface area (Å²) in [6, 6.07) is 59.1. The molecular formula is C44H28N2O. The minimum Gasteiger partial charge on any atom is -0.455 e. The average molecular weight is 601 g/mol. The lowest BCUT2D eigenvalue weighted by atomic mass is 9.94. The molecule has 0 saturated heterocycles. The minimum atomic E-state index is 0.629. The van der Waals surface area contributed by atoms with Crippen molar-refractivity contribution in [2.75, 3.05) is 0 Å². The van der Waals surface area contributed by atoms with Gasteiger partial charge in [0.25, 0.3) is 0 Å². The fourth-order valence-corrected chi connectivity index (χ4v) is 6.54. The molecule has 2 heterocycles. The predicted molar refractivity (Wildman–Crippen MR) is 194 cm³/mol. The van der Waals surface area contributed by atoms with Gasteiger partial charge < -0.3 is 4.42 Å². The molecule has 3 heteroatoms. The quantitative estimate of drug-likeness (QED) is 0.197. The second-order valence-electron chi connectivity index (χ2n) is 11.8. The predicted octanol–water partition coefficient (Wildman–Crippen LogP) is 11.9. The van der Waals surface area contributed by atoms with E-state index >= 15 is 0 Å². The van der Waals surface area contributed by atoms with E-state index in [0.717, 1.165) is 66.5 Å². The fraction of sp³-hybridized carbons (Fsp3) is 0. The summed E-state index contributed by atoms with van der Waals surface area (Å²) in [6.45, 7) is 0. The number of nitrogens with zero attached hydrogens (tertiary/aromatic N) is 2. The summed E-state index contributed by atoms with van der Waals surface area (Å²) < 4.78 is 6.81. The first-order valence-corrected chi connectivity index (χ1v) is 15.8. The molecule has 0 aliphatic rings. The van der Waals surface area contributed by atoms with Crippen molar-refractivity contribution < 1.29 is 4.42 Å². The van der Waals surface area contributed by atoms with E-state index in [4.69, 9.17) is 14.4 Å². The zero-order valence-electron chi connectivity index (χ0n) is 25.5. The molecule has 0 unspecified atom stereocenters. The third-order valence-corrected chi connectivity index (χ3v) is 8.90. The van der Waals surface area contributed by atoms with Crippen LogP contribution in [0.15, 0.2) is 174 Å². The zero-order chi connectivity index (χ0) is 31.2. The number of fused-ring (bicyclic) bond motifs is 4. The van der Waals surface area contributed by atoms with Gasteiger partial charge in [0.15, 0.2) is 5.82 Å². The van der Waals surface area contributed by atoms with Gasteiger partial charge >= 0.3 is 0 Å². The lowest BCUT2D eigenvalue weighted by Crippen LogP contribution is -1.96. The Balaban J connectivity index is 1.30. The number of hydrogen-bond acceptors (Lipinski definition) is 3. The lowest BCUT2D eigenvalue weighted by molar-refractivity contribution is 0.670. The van der Waals surface area contributed by atoms with E-state index in [1.54, 1.807) is 0 Å². The molecule has 0 aliphatic carbocycles. The van der Waals surface area contributed by atoms with Crippen molar-refractivity contribution in [3.05, 3.63) is 170 Å². The smallest absolute Gasteiger partial charge is 0.164 e. The standard InChI is InChI=1S/C44H28N2O/c1-4-12-29(13-5-1)30-20-22-31(23-21-30)36-24-25-37(43-42(36)38-26-34-18-10-11-19-35(34)27-41(38)47-43)44-45-39(32-14-6-2-7-15-32)28-40(46-44)33-16-8-3-9-17-33/h1-28H. The van der Waals surface area contributed by atoms with Crippen molar-refractivity contribution in [3.63, 3.8) is 0 Å². The summed E-state index contributed by atoms with van der Waals surface area (Å²) in [5.74, 6) is 0.629. The summed E-state index contributed by atoms with van der Waals surface area (Å²) in [5, 5.41) is 4.45. The fourth-order valence-electron chi connectivity index (χ4n) is 6.54. The van der Waals surface area contributed by atoms with Crippen LogP contribution in [0, 0.1) is 0 Å². The maximum absolute atomic E-state index is 6.81. The van der Waals surface area contributed by atoms with Crippen LogP contribution in [-0.4, -0.2) is 9.97 Å². The molecule has 47 heavy (non-hydrogen) atoms. The van der Waals surface area contributed by atoms with Crippen LogP contribution in [-0.2, 0) is 0 Å². The highest BCUT2D eigenvalue weighted by molar-refractivity contribution is 6.18. The van der Waals surface area contributed by atoms with Gasteiger partial charge in [-0.15, -0.1) is 0 Å².